The van der Waals surface area contributed by atoms with Crippen LogP contribution in [-0.4, -0.2) is 112 Å². The molecule has 2 saturated heterocycles. The molecule has 2 aromatic heterocycles. The Morgan fingerprint density at radius 1 is 1.18 bits per heavy atom. The van der Waals surface area contributed by atoms with Gasteiger partial charge in [-0.05, 0) is 33.2 Å². The third-order valence-electron chi connectivity index (χ3n) is 6.74. The highest BCUT2D eigenvalue weighted by atomic mass is 32.2. The molecule has 4 heterocycles. The Morgan fingerprint density at radius 3 is 2.55 bits per heavy atom. The number of aliphatic hydroxyl groups is 1. The first-order valence-corrected chi connectivity index (χ1v) is 14.7. The molecule has 2 aromatic rings. The number of sulfonamides is 1. The van der Waals surface area contributed by atoms with E-state index in [2.05, 4.69) is 25.3 Å². The molecule has 2 aliphatic rings. The van der Waals surface area contributed by atoms with Gasteiger partial charge in [-0.1, -0.05) is 0 Å². The summed E-state index contributed by atoms with van der Waals surface area (Å²) in [6.45, 7) is 6.17. The molecule has 0 unspecified atom stereocenters. The molecular formula is C24H35F4N7O4S. The average molecular weight is 594 g/mol. The van der Waals surface area contributed by atoms with E-state index < -0.39 is 45.3 Å². The fraction of sp³-hybridized carbons (Fsp3) is 0.708. The second-order valence-electron chi connectivity index (χ2n) is 10.7. The van der Waals surface area contributed by atoms with E-state index in [0.29, 0.717) is 32.4 Å². The van der Waals surface area contributed by atoms with Crippen LogP contribution in [0.3, 0.4) is 0 Å². The van der Waals surface area contributed by atoms with E-state index in [1.54, 1.807) is 0 Å². The number of halogens is 4. The van der Waals surface area contributed by atoms with Gasteiger partial charge >= 0.3 is 6.18 Å². The topological polar surface area (TPSA) is 126 Å². The molecule has 2 aliphatic heterocycles. The second kappa shape index (κ2) is 12.2. The molecular weight excluding hydrogens is 558 g/mol. The van der Waals surface area contributed by atoms with Crippen molar-refractivity contribution in [2.75, 3.05) is 57.0 Å². The zero-order valence-electron chi connectivity index (χ0n) is 22.4. The number of nitrogens with zero attached hydrogens (tertiary/aromatic N) is 6. The summed E-state index contributed by atoms with van der Waals surface area (Å²) in [7, 11) is -3.66. The highest BCUT2D eigenvalue weighted by Crippen LogP contribution is 2.36. The van der Waals surface area contributed by atoms with Crippen LogP contribution in [0.4, 0.5) is 23.5 Å². The summed E-state index contributed by atoms with van der Waals surface area (Å²) < 4.78 is 89.6. The minimum Gasteiger partial charge on any atom is -0.389 e. The molecule has 2 N–H and O–H groups in total. The first-order chi connectivity index (χ1) is 18.7. The Morgan fingerprint density at radius 2 is 1.90 bits per heavy atom. The maximum atomic E-state index is 15.1. The second-order valence-corrected chi connectivity index (χ2v) is 12.8. The molecule has 0 aliphatic carbocycles. The van der Waals surface area contributed by atoms with Crippen molar-refractivity contribution in [1.29, 1.82) is 0 Å². The molecule has 40 heavy (non-hydrogen) atoms. The molecule has 4 rings (SSSR count). The van der Waals surface area contributed by atoms with E-state index in [9.17, 15) is 26.7 Å². The number of aromatic nitrogens is 4. The largest absolute Gasteiger partial charge is 0.419 e. The summed E-state index contributed by atoms with van der Waals surface area (Å²) in [4.78, 5) is 9.92. The Hall–Kier alpha value is -2.40. The van der Waals surface area contributed by atoms with Crippen molar-refractivity contribution in [2.24, 2.45) is 0 Å². The van der Waals surface area contributed by atoms with Crippen LogP contribution in [0, 0.1) is 0 Å². The van der Waals surface area contributed by atoms with E-state index in [0.717, 1.165) is 17.4 Å². The highest BCUT2D eigenvalue weighted by molar-refractivity contribution is 7.89. The molecule has 11 nitrogen and oxygen atoms in total. The maximum absolute atomic E-state index is 15.1. The van der Waals surface area contributed by atoms with Crippen molar-refractivity contribution in [3.8, 4) is 11.3 Å². The summed E-state index contributed by atoms with van der Waals surface area (Å²) in [5, 5.41) is 16.8. The van der Waals surface area contributed by atoms with Crippen LogP contribution in [0.1, 0.15) is 32.3 Å². The third-order valence-corrected chi connectivity index (χ3v) is 8.67. The number of nitrogens with one attached hydrogen (secondary N) is 1. The quantitative estimate of drug-likeness (QED) is 0.398. The summed E-state index contributed by atoms with van der Waals surface area (Å²) in [6.07, 6.45) is -2.70. The predicted octanol–water partition coefficient (Wildman–Crippen LogP) is 2.01. The maximum Gasteiger partial charge on any atom is 0.419 e. The van der Waals surface area contributed by atoms with Gasteiger partial charge in [0.05, 0.1) is 49.0 Å². The summed E-state index contributed by atoms with van der Waals surface area (Å²) in [6, 6.07) is -0.887. The van der Waals surface area contributed by atoms with Crippen LogP contribution >= 0.6 is 0 Å². The first-order valence-electron chi connectivity index (χ1n) is 13.1. The zero-order chi connectivity index (χ0) is 29.1. The van der Waals surface area contributed by atoms with Gasteiger partial charge in [-0.15, -0.1) is 0 Å². The van der Waals surface area contributed by atoms with Gasteiger partial charge in [-0.3, -0.25) is 9.58 Å². The van der Waals surface area contributed by atoms with Gasteiger partial charge in [0.2, 0.25) is 16.0 Å². The number of hydrogen-bond donors (Lipinski definition) is 2. The Balaban J connectivity index is 1.41. The monoisotopic (exact) mass is 593 g/mol. The molecule has 0 saturated carbocycles. The fourth-order valence-electron chi connectivity index (χ4n) is 4.73. The van der Waals surface area contributed by atoms with Crippen LogP contribution in [0.25, 0.3) is 11.3 Å². The number of ether oxygens (including phenoxy) is 1. The molecule has 0 radical (unpaired) electrons. The van der Waals surface area contributed by atoms with Crippen LogP contribution in [0.15, 0.2) is 18.6 Å². The van der Waals surface area contributed by atoms with E-state index in [-0.39, 0.29) is 43.3 Å². The molecule has 0 amide bonds. The lowest BCUT2D eigenvalue weighted by Crippen LogP contribution is -2.50. The lowest BCUT2D eigenvalue weighted by Gasteiger charge is -2.34. The number of rotatable bonds is 10. The Labute approximate surface area is 230 Å². The van der Waals surface area contributed by atoms with Gasteiger partial charge in [0.1, 0.15) is 11.7 Å². The number of hydrogen-bond acceptors (Lipinski definition) is 9. The molecule has 0 aromatic carbocycles. The van der Waals surface area contributed by atoms with E-state index in [1.807, 2.05) is 0 Å². The van der Waals surface area contributed by atoms with E-state index >= 15 is 4.39 Å². The van der Waals surface area contributed by atoms with Crippen molar-refractivity contribution in [2.45, 2.75) is 57.2 Å². The summed E-state index contributed by atoms with van der Waals surface area (Å²) >= 11 is 0. The molecule has 2 fully saturated rings. The van der Waals surface area contributed by atoms with Crippen LogP contribution in [-0.2, 0) is 27.5 Å². The van der Waals surface area contributed by atoms with Gasteiger partial charge in [0, 0.05) is 44.1 Å². The van der Waals surface area contributed by atoms with Gasteiger partial charge in [0.25, 0.3) is 0 Å². The molecule has 224 valence electrons. The van der Waals surface area contributed by atoms with Crippen LogP contribution in [0.2, 0.25) is 0 Å². The summed E-state index contributed by atoms with van der Waals surface area (Å²) in [5.41, 5.74) is -2.62. The van der Waals surface area contributed by atoms with Gasteiger partial charge in [-0.2, -0.15) is 22.6 Å². The van der Waals surface area contributed by atoms with Gasteiger partial charge in [0.15, 0.2) is 0 Å². The predicted molar refractivity (Wildman–Crippen MR) is 139 cm³/mol. The smallest absolute Gasteiger partial charge is 0.389 e. The minimum atomic E-state index is -4.75. The van der Waals surface area contributed by atoms with E-state index in [4.69, 9.17) is 4.74 Å². The number of piperidine rings is 1. The summed E-state index contributed by atoms with van der Waals surface area (Å²) in [5.74, 6) is -0.311. The molecule has 2 atom stereocenters. The minimum absolute atomic E-state index is 0.0444. The Bertz CT molecular complexity index is 1250. The normalized spacial score (nSPS) is 22.0. The third kappa shape index (κ3) is 8.09. The van der Waals surface area contributed by atoms with Crippen molar-refractivity contribution < 1.29 is 35.8 Å². The number of morpholine rings is 1. The van der Waals surface area contributed by atoms with Crippen molar-refractivity contribution in [3.63, 3.8) is 0 Å². The van der Waals surface area contributed by atoms with Gasteiger partial charge < -0.3 is 15.2 Å². The number of alkyl halides is 4. The highest BCUT2D eigenvalue weighted by Gasteiger charge is 2.38. The Kier molecular flexibility index (Phi) is 9.34. The standard InChI is InChI=1S/C24H35F4N7O4S/c1-23(2,36)16-34-14-17(12-30-34)21-18(24(26,27)28)13-29-22(32-21)31-20-4-6-35(15-19(20)25)40(37,38)11-3-5-33-7-9-39-10-8-33/h12-14,19-20,36H,3-11,15-16H2,1-2H3,(H,29,31,32)/t19-,20+/m1/s1. The molecule has 16 heteroatoms. The number of anilines is 1. The van der Waals surface area contributed by atoms with Crippen molar-refractivity contribution >= 4 is 16.0 Å². The van der Waals surface area contributed by atoms with Crippen molar-refractivity contribution in [1.82, 2.24) is 29.0 Å². The molecule has 0 bridgehead atoms. The lowest BCUT2D eigenvalue weighted by atomic mass is 10.1. The van der Waals surface area contributed by atoms with Crippen molar-refractivity contribution in [3.05, 3.63) is 24.2 Å². The van der Waals surface area contributed by atoms with Gasteiger partial charge in [-0.25, -0.2) is 22.8 Å². The first kappa shape index (κ1) is 30.6. The fourth-order valence-corrected chi connectivity index (χ4v) is 6.24. The lowest BCUT2D eigenvalue weighted by molar-refractivity contribution is -0.137. The molecule has 0 spiro atoms. The average Bonchev–Trinajstić information content (AvgIpc) is 3.32. The van der Waals surface area contributed by atoms with Crippen LogP contribution in [0.5, 0.6) is 0 Å². The van der Waals surface area contributed by atoms with Crippen LogP contribution < -0.4 is 5.32 Å². The SMILES string of the molecule is CC(C)(O)Cn1cc(-c2nc(N[C@H]3CCN(S(=O)(=O)CCCN4CCOCC4)C[C@H]3F)ncc2C(F)(F)F)cn1. The zero-order valence-corrected chi connectivity index (χ0v) is 23.3. The van der Waals surface area contributed by atoms with E-state index in [1.165, 1.54) is 30.9 Å².